The molecule has 0 bridgehead atoms. The normalized spacial score (nSPS) is 10.0. The summed E-state index contributed by atoms with van der Waals surface area (Å²) < 4.78 is 5.43. The standard InChI is InChI=1S/C18H16O5/c1-11(2)10-23-16-5-3-12(4-6-16)13-7-14(17(19)20)9-15(8-13)18(21)22/h3-10H,1-2H3,(H,19,20)(H,21,22). The molecule has 0 amide bonds. The molecule has 2 N–H and O–H groups in total. The number of carboxylic acid groups (broad SMARTS) is 2. The Balaban J connectivity index is 2.39. The van der Waals surface area contributed by atoms with E-state index in [-0.39, 0.29) is 11.1 Å². The summed E-state index contributed by atoms with van der Waals surface area (Å²) in [6.45, 7) is 3.83. The summed E-state index contributed by atoms with van der Waals surface area (Å²) >= 11 is 0. The van der Waals surface area contributed by atoms with Gasteiger partial charge in [-0.15, -0.1) is 0 Å². The fourth-order valence-electron chi connectivity index (χ4n) is 1.95. The van der Waals surface area contributed by atoms with E-state index >= 15 is 0 Å². The fraction of sp³-hybridized carbons (Fsp3) is 0.111. The van der Waals surface area contributed by atoms with Crippen LogP contribution in [0.15, 0.2) is 54.3 Å². The van der Waals surface area contributed by atoms with Crippen LogP contribution in [-0.4, -0.2) is 22.2 Å². The minimum atomic E-state index is -1.17. The van der Waals surface area contributed by atoms with Crippen LogP contribution < -0.4 is 4.74 Å². The lowest BCUT2D eigenvalue weighted by atomic mass is 9.99. The van der Waals surface area contributed by atoms with Crippen molar-refractivity contribution in [3.05, 3.63) is 65.4 Å². The Labute approximate surface area is 133 Å². The van der Waals surface area contributed by atoms with Crippen molar-refractivity contribution >= 4 is 11.9 Å². The summed E-state index contributed by atoms with van der Waals surface area (Å²) in [5, 5.41) is 18.2. The first-order valence-electron chi connectivity index (χ1n) is 6.89. The van der Waals surface area contributed by atoms with Crippen LogP contribution in [0.2, 0.25) is 0 Å². The maximum atomic E-state index is 11.1. The predicted octanol–water partition coefficient (Wildman–Crippen LogP) is 4.05. The van der Waals surface area contributed by atoms with Crippen molar-refractivity contribution in [3.63, 3.8) is 0 Å². The number of allylic oxidation sites excluding steroid dienone is 1. The van der Waals surface area contributed by atoms with Crippen molar-refractivity contribution in [2.24, 2.45) is 0 Å². The van der Waals surface area contributed by atoms with Gasteiger partial charge in [0.25, 0.3) is 0 Å². The number of hydrogen-bond donors (Lipinski definition) is 2. The Morgan fingerprint density at radius 2 is 1.39 bits per heavy atom. The molecule has 0 aliphatic heterocycles. The number of ether oxygens (including phenoxy) is 1. The molecule has 2 aromatic carbocycles. The van der Waals surface area contributed by atoms with Gasteiger partial charge < -0.3 is 14.9 Å². The van der Waals surface area contributed by atoms with Crippen LogP contribution in [0.3, 0.4) is 0 Å². The van der Waals surface area contributed by atoms with E-state index in [0.29, 0.717) is 16.9 Å². The monoisotopic (exact) mass is 312 g/mol. The largest absolute Gasteiger partial charge is 0.478 e. The van der Waals surface area contributed by atoms with Crippen LogP contribution in [0.4, 0.5) is 0 Å². The van der Waals surface area contributed by atoms with Gasteiger partial charge in [-0.05, 0) is 60.9 Å². The second-order valence-corrected chi connectivity index (χ2v) is 5.25. The highest BCUT2D eigenvalue weighted by molar-refractivity contribution is 5.96. The van der Waals surface area contributed by atoms with Crippen LogP contribution >= 0.6 is 0 Å². The first-order chi connectivity index (χ1) is 10.9. The summed E-state index contributed by atoms with van der Waals surface area (Å²) in [6.07, 6.45) is 1.63. The number of aromatic carboxylic acids is 2. The van der Waals surface area contributed by atoms with Crippen LogP contribution in [0.1, 0.15) is 34.6 Å². The zero-order chi connectivity index (χ0) is 17.0. The minimum Gasteiger partial charge on any atom is -0.478 e. The lowest BCUT2D eigenvalue weighted by Gasteiger charge is -2.07. The van der Waals surface area contributed by atoms with E-state index in [2.05, 4.69) is 0 Å². The molecule has 0 radical (unpaired) electrons. The molecule has 0 aliphatic carbocycles. The fourth-order valence-corrected chi connectivity index (χ4v) is 1.95. The Hall–Kier alpha value is -3.08. The topological polar surface area (TPSA) is 83.8 Å². The van der Waals surface area contributed by atoms with Gasteiger partial charge in [0.05, 0.1) is 17.4 Å². The molecule has 0 spiro atoms. The highest BCUT2D eigenvalue weighted by Gasteiger charge is 2.12. The summed E-state index contributed by atoms with van der Waals surface area (Å²) in [5.74, 6) is -1.70. The van der Waals surface area contributed by atoms with E-state index in [1.54, 1.807) is 30.5 Å². The molecule has 2 aromatic rings. The van der Waals surface area contributed by atoms with E-state index in [4.69, 9.17) is 14.9 Å². The lowest BCUT2D eigenvalue weighted by molar-refractivity contribution is 0.0696. The zero-order valence-corrected chi connectivity index (χ0v) is 12.7. The highest BCUT2D eigenvalue weighted by atomic mass is 16.5. The first kappa shape index (κ1) is 16.3. The molecule has 0 fully saturated rings. The van der Waals surface area contributed by atoms with Gasteiger partial charge in [-0.25, -0.2) is 9.59 Å². The maximum absolute atomic E-state index is 11.1. The summed E-state index contributed by atoms with van der Waals surface area (Å²) in [7, 11) is 0. The molecule has 23 heavy (non-hydrogen) atoms. The van der Waals surface area contributed by atoms with Gasteiger partial charge >= 0.3 is 11.9 Å². The van der Waals surface area contributed by atoms with Gasteiger partial charge in [-0.2, -0.15) is 0 Å². The predicted molar refractivity (Wildman–Crippen MR) is 85.9 cm³/mol. The van der Waals surface area contributed by atoms with Crippen molar-refractivity contribution in [1.29, 1.82) is 0 Å². The van der Waals surface area contributed by atoms with Gasteiger partial charge in [0.15, 0.2) is 0 Å². The quantitative estimate of drug-likeness (QED) is 0.814. The van der Waals surface area contributed by atoms with Gasteiger partial charge in [0.1, 0.15) is 5.75 Å². The number of carboxylic acids is 2. The SMILES string of the molecule is CC(C)=COc1ccc(-c2cc(C(=O)O)cc(C(=O)O)c2)cc1. The summed E-state index contributed by atoms with van der Waals surface area (Å²) in [5.41, 5.74) is 2.13. The van der Waals surface area contributed by atoms with Crippen molar-refractivity contribution < 1.29 is 24.5 Å². The van der Waals surface area contributed by atoms with Crippen LogP contribution in [0, 0.1) is 0 Å². The average Bonchev–Trinajstić information content (AvgIpc) is 2.52. The molecule has 0 heterocycles. The second kappa shape index (κ2) is 6.79. The van der Waals surface area contributed by atoms with E-state index in [1.165, 1.54) is 12.1 Å². The van der Waals surface area contributed by atoms with Gasteiger partial charge in [-0.3, -0.25) is 0 Å². The molecule has 0 atom stereocenters. The van der Waals surface area contributed by atoms with E-state index in [1.807, 2.05) is 13.8 Å². The molecule has 0 saturated carbocycles. The molecule has 5 nitrogen and oxygen atoms in total. The lowest BCUT2D eigenvalue weighted by Crippen LogP contribution is -2.03. The summed E-state index contributed by atoms with van der Waals surface area (Å²) in [6, 6.07) is 11.0. The third-order valence-corrected chi connectivity index (χ3v) is 3.05. The molecule has 0 unspecified atom stereocenters. The average molecular weight is 312 g/mol. The molecule has 2 rings (SSSR count). The van der Waals surface area contributed by atoms with Crippen LogP contribution in [-0.2, 0) is 0 Å². The van der Waals surface area contributed by atoms with Crippen LogP contribution in [0.25, 0.3) is 11.1 Å². The smallest absolute Gasteiger partial charge is 0.335 e. The van der Waals surface area contributed by atoms with Crippen molar-refractivity contribution in [2.75, 3.05) is 0 Å². The van der Waals surface area contributed by atoms with E-state index in [9.17, 15) is 9.59 Å². The Kier molecular flexibility index (Phi) is 4.81. The molecule has 0 aromatic heterocycles. The maximum Gasteiger partial charge on any atom is 0.335 e. The van der Waals surface area contributed by atoms with E-state index in [0.717, 1.165) is 11.6 Å². The number of benzene rings is 2. The molecule has 0 aliphatic rings. The van der Waals surface area contributed by atoms with Gasteiger partial charge in [0.2, 0.25) is 0 Å². The third kappa shape index (κ3) is 4.20. The summed E-state index contributed by atoms with van der Waals surface area (Å²) in [4.78, 5) is 22.3. The van der Waals surface area contributed by atoms with Crippen molar-refractivity contribution in [2.45, 2.75) is 13.8 Å². The van der Waals surface area contributed by atoms with Gasteiger partial charge in [-0.1, -0.05) is 12.1 Å². The number of hydrogen-bond acceptors (Lipinski definition) is 3. The molecule has 118 valence electrons. The Morgan fingerprint density at radius 1 is 0.870 bits per heavy atom. The van der Waals surface area contributed by atoms with Crippen LogP contribution in [0.5, 0.6) is 5.75 Å². The number of carbonyl (C=O) groups is 2. The Morgan fingerprint density at radius 3 is 1.83 bits per heavy atom. The third-order valence-electron chi connectivity index (χ3n) is 3.05. The second-order valence-electron chi connectivity index (χ2n) is 5.25. The molecule has 5 heteroatoms. The van der Waals surface area contributed by atoms with Gasteiger partial charge in [0, 0.05) is 0 Å². The number of rotatable bonds is 5. The zero-order valence-electron chi connectivity index (χ0n) is 12.7. The van der Waals surface area contributed by atoms with Crippen molar-refractivity contribution in [3.8, 4) is 16.9 Å². The van der Waals surface area contributed by atoms with Crippen molar-refractivity contribution in [1.82, 2.24) is 0 Å². The molecule has 0 saturated heterocycles. The van der Waals surface area contributed by atoms with E-state index < -0.39 is 11.9 Å². The highest BCUT2D eigenvalue weighted by Crippen LogP contribution is 2.25. The molecular formula is C18H16O5. The first-order valence-corrected chi connectivity index (χ1v) is 6.89. The minimum absolute atomic E-state index is 0.0650. The molecular weight excluding hydrogens is 296 g/mol. The Bertz CT molecular complexity index is 736.